The maximum atomic E-state index is 13.3. The molecule has 1 saturated heterocycles. The Labute approximate surface area is 219 Å². The second-order valence-corrected chi connectivity index (χ2v) is 9.70. The number of nitrogens with one attached hydrogen (secondary N) is 1. The number of carbonyl (C=O) groups excluding carboxylic acids is 3. The highest BCUT2D eigenvalue weighted by atomic mass is 35.5. The molecular weight excluding hydrogens is 520 g/mol. The summed E-state index contributed by atoms with van der Waals surface area (Å²) in [5.41, 5.74) is 2.79. The van der Waals surface area contributed by atoms with E-state index < -0.39 is 29.4 Å². The average Bonchev–Trinajstić information content (AvgIpc) is 3.35. The number of anilines is 1. The molecule has 1 aliphatic heterocycles. The maximum Gasteiger partial charge on any atom is 0.294 e. The molecule has 0 unspecified atom stereocenters. The molecule has 6 nitrogen and oxygen atoms in total. The van der Waals surface area contributed by atoms with Crippen LogP contribution in [-0.2, 0) is 16.1 Å². The summed E-state index contributed by atoms with van der Waals surface area (Å²) in [6, 6.07) is 17.5. The van der Waals surface area contributed by atoms with Crippen LogP contribution in [0.5, 0.6) is 0 Å². The van der Waals surface area contributed by atoms with Crippen LogP contribution in [0.25, 0.3) is 17.0 Å². The molecule has 0 radical (unpaired) electrons. The number of hydrogen-bond acceptors (Lipinski definition) is 4. The van der Waals surface area contributed by atoms with Crippen LogP contribution in [0.2, 0.25) is 5.02 Å². The number of benzene rings is 3. The molecule has 0 atom stereocenters. The van der Waals surface area contributed by atoms with Crippen LogP contribution in [0, 0.1) is 11.6 Å². The van der Waals surface area contributed by atoms with E-state index >= 15 is 0 Å². The van der Waals surface area contributed by atoms with Crippen molar-refractivity contribution >= 4 is 63.1 Å². The predicted molar refractivity (Wildman–Crippen MR) is 140 cm³/mol. The maximum absolute atomic E-state index is 13.3. The lowest BCUT2D eigenvalue weighted by molar-refractivity contribution is -0.127. The minimum absolute atomic E-state index is 0.162. The van der Waals surface area contributed by atoms with Gasteiger partial charge in [-0.05, 0) is 59.8 Å². The summed E-state index contributed by atoms with van der Waals surface area (Å²) in [7, 11) is 0. The first-order valence-electron chi connectivity index (χ1n) is 11.1. The van der Waals surface area contributed by atoms with Crippen molar-refractivity contribution in [1.82, 2.24) is 9.47 Å². The molecule has 0 spiro atoms. The van der Waals surface area contributed by atoms with Crippen LogP contribution in [0.1, 0.15) is 11.1 Å². The highest BCUT2D eigenvalue weighted by Gasteiger charge is 2.36. The number of carbonyl (C=O) groups is 3. The zero-order valence-corrected chi connectivity index (χ0v) is 20.7. The first kappa shape index (κ1) is 24.7. The number of thioether (sulfide) groups is 1. The third-order valence-electron chi connectivity index (χ3n) is 5.75. The quantitative estimate of drug-likeness (QED) is 0.293. The minimum Gasteiger partial charge on any atom is -0.342 e. The zero-order chi connectivity index (χ0) is 26.1. The molecule has 1 aromatic heterocycles. The Morgan fingerprint density at radius 2 is 1.78 bits per heavy atom. The molecule has 186 valence electrons. The number of imide groups is 1. The second kappa shape index (κ2) is 10.2. The van der Waals surface area contributed by atoms with E-state index in [9.17, 15) is 23.2 Å². The summed E-state index contributed by atoms with van der Waals surface area (Å²) in [6.45, 7) is -0.00693. The highest BCUT2D eigenvalue weighted by molar-refractivity contribution is 8.18. The Kier molecular flexibility index (Phi) is 6.82. The molecule has 37 heavy (non-hydrogen) atoms. The number of fused-ring (bicyclic) bond motifs is 1. The molecule has 3 amide bonds. The van der Waals surface area contributed by atoms with E-state index in [1.54, 1.807) is 18.2 Å². The molecule has 1 N–H and O–H groups in total. The third-order valence-corrected chi connectivity index (χ3v) is 6.95. The first-order chi connectivity index (χ1) is 17.8. The van der Waals surface area contributed by atoms with Crippen LogP contribution >= 0.6 is 23.4 Å². The van der Waals surface area contributed by atoms with Crippen molar-refractivity contribution in [2.75, 3.05) is 11.9 Å². The van der Waals surface area contributed by atoms with E-state index in [4.69, 9.17) is 11.6 Å². The van der Waals surface area contributed by atoms with Gasteiger partial charge in [-0.25, -0.2) is 8.78 Å². The molecule has 0 bridgehead atoms. The van der Waals surface area contributed by atoms with E-state index in [2.05, 4.69) is 5.32 Å². The Hall–Kier alpha value is -3.95. The van der Waals surface area contributed by atoms with Gasteiger partial charge in [0.25, 0.3) is 11.1 Å². The summed E-state index contributed by atoms with van der Waals surface area (Å²) < 4.78 is 28.6. The molecule has 10 heteroatoms. The summed E-state index contributed by atoms with van der Waals surface area (Å²) in [5, 5.41) is 2.65. The van der Waals surface area contributed by atoms with Crippen LogP contribution in [0.3, 0.4) is 0 Å². The smallest absolute Gasteiger partial charge is 0.294 e. The van der Waals surface area contributed by atoms with E-state index in [1.807, 2.05) is 35.0 Å². The monoisotopic (exact) mass is 537 g/mol. The van der Waals surface area contributed by atoms with E-state index in [0.717, 1.165) is 44.8 Å². The SMILES string of the molecule is O=C(CN1C(=O)S/C(=C\c2cn(Cc3ccc(F)cc3)c3ccccc23)C1=O)Nc1ccc(F)c(Cl)c1. The fraction of sp³-hybridized carbons (Fsp3) is 0.0741. The van der Waals surface area contributed by atoms with E-state index in [1.165, 1.54) is 24.3 Å². The predicted octanol–water partition coefficient (Wildman–Crippen LogP) is 6.30. The number of halogens is 3. The van der Waals surface area contributed by atoms with Gasteiger partial charge in [-0.1, -0.05) is 41.9 Å². The molecule has 0 saturated carbocycles. The lowest BCUT2D eigenvalue weighted by atomic mass is 10.1. The van der Waals surface area contributed by atoms with Crippen LogP contribution < -0.4 is 5.32 Å². The van der Waals surface area contributed by atoms with E-state index in [-0.39, 0.29) is 21.4 Å². The zero-order valence-electron chi connectivity index (χ0n) is 19.1. The number of aromatic nitrogens is 1. The van der Waals surface area contributed by atoms with Crippen molar-refractivity contribution in [2.24, 2.45) is 0 Å². The lowest BCUT2D eigenvalue weighted by Gasteiger charge is -2.12. The molecule has 1 fully saturated rings. The number of amides is 3. The van der Waals surface area contributed by atoms with Crippen molar-refractivity contribution in [3.05, 3.63) is 106 Å². The van der Waals surface area contributed by atoms with Gasteiger partial charge < -0.3 is 9.88 Å². The standard InChI is InChI=1S/C27H18ClF2N3O3S/c28-21-12-19(9-10-22(21)30)31-25(34)15-33-26(35)24(37-27(33)36)11-17-14-32(23-4-2-1-3-20(17)23)13-16-5-7-18(29)8-6-16/h1-12,14H,13,15H2,(H,31,34)/b24-11-. The number of hydrogen-bond donors (Lipinski definition) is 1. The van der Waals surface area contributed by atoms with E-state index in [0.29, 0.717) is 6.54 Å². The summed E-state index contributed by atoms with van der Waals surface area (Å²) >= 11 is 6.48. The highest BCUT2D eigenvalue weighted by Crippen LogP contribution is 2.34. The molecule has 4 aromatic rings. The van der Waals surface area contributed by atoms with Crippen molar-refractivity contribution < 1.29 is 23.2 Å². The molecule has 1 aliphatic rings. The van der Waals surface area contributed by atoms with Gasteiger partial charge in [0, 0.05) is 34.9 Å². The minimum atomic E-state index is -0.630. The van der Waals surface area contributed by atoms with Crippen molar-refractivity contribution in [1.29, 1.82) is 0 Å². The fourth-order valence-electron chi connectivity index (χ4n) is 4.00. The van der Waals surface area contributed by atoms with Crippen molar-refractivity contribution in [2.45, 2.75) is 6.54 Å². The fourth-order valence-corrected chi connectivity index (χ4v) is 5.01. The molecule has 3 aromatic carbocycles. The van der Waals surface area contributed by atoms with Gasteiger partial charge >= 0.3 is 0 Å². The van der Waals surface area contributed by atoms with Crippen LogP contribution in [-0.4, -0.2) is 33.1 Å². The Morgan fingerprint density at radius 1 is 1.03 bits per heavy atom. The molecular formula is C27H18ClF2N3O3S. The van der Waals surface area contributed by atoms with Gasteiger partial charge in [-0.15, -0.1) is 0 Å². The summed E-state index contributed by atoms with van der Waals surface area (Å²) in [4.78, 5) is 39.0. The first-order valence-corrected chi connectivity index (χ1v) is 12.3. The molecule has 2 heterocycles. The number of para-hydroxylation sites is 1. The second-order valence-electron chi connectivity index (χ2n) is 8.30. The largest absolute Gasteiger partial charge is 0.342 e. The molecule has 0 aliphatic carbocycles. The van der Waals surface area contributed by atoms with Gasteiger partial charge in [-0.2, -0.15) is 0 Å². The van der Waals surface area contributed by atoms with Crippen molar-refractivity contribution in [3.63, 3.8) is 0 Å². The Balaban J connectivity index is 1.36. The molecule has 5 rings (SSSR count). The Morgan fingerprint density at radius 3 is 2.54 bits per heavy atom. The summed E-state index contributed by atoms with van der Waals surface area (Å²) in [5.74, 6) is -2.15. The average molecular weight is 538 g/mol. The van der Waals surface area contributed by atoms with Gasteiger partial charge in [0.05, 0.1) is 9.93 Å². The van der Waals surface area contributed by atoms with Gasteiger partial charge in [0.1, 0.15) is 18.2 Å². The van der Waals surface area contributed by atoms with Gasteiger partial charge in [0.15, 0.2) is 0 Å². The topological polar surface area (TPSA) is 71.4 Å². The third kappa shape index (κ3) is 5.28. The van der Waals surface area contributed by atoms with Crippen molar-refractivity contribution in [3.8, 4) is 0 Å². The number of nitrogens with zero attached hydrogens (tertiary/aromatic N) is 2. The summed E-state index contributed by atoms with van der Waals surface area (Å²) in [6.07, 6.45) is 3.50. The van der Waals surface area contributed by atoms with Crippen LogP contribution in [0.4, 0.5) is 19.3 Å². The number of rotatable bonds is 6. The van der Waals surface area contributed by atoms with Gasteiger partial charge in [-0.3, -0.25) is 19.3 Å². The van der Waals surface area contributed by atoms with Gasteiger partial charge in [0.2, 0.25) is 5.91 Å². The lowest BCUT2D eigenvalue weighted by Crippen LogP contribution is -2.36. The normalized spacial score (nSPS) is 14.7. The van der Waals surface area contributed by atoms with Crippen LogP contribution in [0.15, 0.2) is 77.8 Å². The Bertz CT molecular complexity index is 1580.